The number of tetrazole rings is 1. The van der Waals surface area contributed by atoms with Crippen LogP contribution in [0.3, 0.4) is 0 Å². The number of halogens is 2. The van der Waals surface area contributed by atoms with E-state index in [4.69, 9.17) is 15.4 Å². The molecule has 0 radical (unpaired) electrons. The molecule has 1 heterocycles. The number of aryl methyl sites for hydroxylation is 1. The third-order valence-electron chi connectivity index (χ3n) is 2.07. The molecule has 0 amide bonds. The van der Waals surface area contributed by atoms with E-state index in [2.05, 4.69) is 15.4 Å². The molecule has 0 aliphatic heterocycles. The molecule has 0 fully saturated rings. The highest BCUT2D eigenvalue weighted by molar-refractivity contribution is 8.13. The Balaban J connectivity index is 2.25. The lowest BCUT2D eigenvalue weighted by atomic mass is 10.3. The Hall–Kier alpha value is -1.74. The SMILES string of the molecule is Cn1nnc(COc2ccc(F)cc2S(=O)(=O)Cl)n1. The number of aromatic nitrogens is 4. The molecule has 19 heavy (non-hydrogen) atoms. The van der Waals surface area contributed by atoms with E-state index >= 15 is 0 Å². The van der Waals surface area contributed by atoms with Gasteiger partial charge in [0.2, 0.25) is 5.82 Å². The molecular formula is C9H8ClFN4O3S. The Morgan fingerprint density at radius 3 is 2.79 bits per heavy atom. The summed E-state index contributed by atoms with van der Waals surface area (Å²) in [6.45, 7) is -0.112. The maximum Gasteiger partial charge on any atom is 0.265 e. The molecule has 1 aromatic carbocycles. The Kier molecular flexibility index (Phi) is 3.67. The van der Waals surface area contributed by atoms with Gasteiger partial charge in [0.15, 0.2) is 6.61 Å². The van der Waals surface area contributed by atoms with Crippen molar-refractivity contribution in [3.05, 3.63) is 29.8 Å². The fourth-order valence-electron chi connectivity index (χ4n) is 1.32. The molecule has 0 spiro atoms. The average molecular weight is 307 g/mol. The number of nitrogens with zero attached hydrogens (tertiary/aromatic N) is 4. The van der Waals surface area contributed by atoms with Crippen molar-refractivity contribution < 1.29 is 17.5 Å². The molecule has 0 unspecified atom stereocenters. The zero-order valence-corrected chi connectivity index (χ0v) is 11.2. The maximum absolute atomic E-state index is 13.0. The van der Waals surface area contributed by atoms with Gasteiger partial charge in [-0.05, 0) is 23.4 Å². The second-order valence-corrected chi connectivity index (χ2v) is 6.05. The van der Waals surface area contributed by atoms with Crippen LogP contribution in [0.15, 0.2) is 23.1 Å². The summed E-state index contributed by atoms with van der Waals surface area (Å²) >= 11 is 0. The Morgan fingerprint density at radius 1 is 1.47 bits per heavy atom. The van der Waals surface area contributed by atoms with Crippen LogP contribution >= 0.6 is 10.7 Å². The van der Waals surface area contributed by atoms with Crippen LogP contribution in [0.4, 0.5) is 4.39 Å². The molecule has 2 rings (SSSR count). The van der Waals surface area contributed by atoms with Crippen molar-refractivity contribution in [1.29, 1.82) is 0 Å². The molecular weight excluding hydrogens is 299 g/mol. The molecule has 1 aromatic heterocycles. The van der Waals surface area contributed by atoms with Gasteiger partial charge in [-0.25, -0.2) is 12.8 Å². The molecule has 2 aromatic rings. The van der Waals surface area contributed by atoms with Gasteiger partial charge < -0.3 is 4.74 Å². The predicted octanol–water partition coefficient (Wildman–Crippen LogP) is 0.856. The molecule has 0 atom stereocenters. The Morgan fingerprint density at radius 2 is 2.21 bits per heavy atom. The van der Waals surface area contributed by atoms with Gasteiger partial charge in [-0.1, -0.05) is 0 Å². The predicted molar refractivity (Wildman–Crippen MR) is 62.6 cm³/mol. The third-order valence-corrected chi connectivity index (χ3v) is 3.42. The smallest absolute Gasteiger partial charge is 0.265 e. The van der Waals surface area contributed by atoms with Gasteiger partial charge in [-0.2, -0.15) is 4.80 Å². The Bertz CT molecular complexity index is 703. The summed E-state index contributed by atoms with van der Waals surface area (Å²) in [5, 5.41) is 11.1. The quantitative estimate of drug-likeness (QED) is 0.778. The van der Waals surface area contributed by atoms with Crippen molar-refractivity contribution in [1.82, 2.24) is 20.2 Å². The monoisotopic (exact) mass is 306 g/mol. The molecule has 10 heteroatoms. The highest BCUT2D eigenvalue weighted by atomic mass is 35.7. The first-order valence-electron chi connectivity index (χ1n) is 4.96. The average Bonchev–Trinajstić information content (AvgIpc) is 2.72. The van der Waals surface area contributed by atoms with Gasteiger partial charge in [0, 0.05) is 10.7 Å². The lowest BCUT2D eigenvalue weighted by molar-refractivity contribution is 0.287. The second kappa shape index (κ2) is 5.10. The lowest BCUT2D eigenvalue weighted by Crippen LogP contribution is -2.03. The summed E-state index contributed by atoms with van der Waals surface area (Å²) < 4.78 is 40.8. The minimum atomic E-state index is -4.11. The van der Waals surface area contributed by atoms with E-state index in [1.54, 1.807) is 7.05 Å². The van der Waals surface area contributed by atoms with E-state index in [0.29, 0.717) is 0 Å². The lowest BCUT2D eigenvalue weighted by Gasteiger charge is -2.07. The summed E-state index contributed by atoms with van der Waals surface area (Å²) in [6, 6.07) is 3.01. The second-order valence-electron chi connectivity index (χ2n) is 3.51. The number of benzene rings is 1. The van der Waals surface area contributed by atoms with Crippen molar-refractivity contribution in [3.8, 4) is 5.75 Å². The number of hydrogen-bond donors (Lipinski definition) is 0. The van der Waals surface area contributed by atoms with Crippen molar-refractivity contribution in [2.45, 2.75) is 11.5 Å². The Labute approximate surface area is 112 Å². The van der Waals surface area contributed by atoms with Crippen molar-refractivity contribution in [3.63, 3.8) is 0 Å². The molecule has 0 aliphatic carbocycles. The molecule has 0 saturated carbocycles. The summed E-state index contributed by atoms with van der Waals surface area (Å²) in [5.74, 6) is -0.558. The summed E-state index contributed by atoms with van der Waals surface area (Å²) in [4.78, 5) is 0.779. The fraction of sp³-hybridized carbons (Fsp3) is 0.222. The van der Waals surface area contributed by atoms with Crippen molar-refractivity contribution in [2.24, 2.45) is 7.05 Å². The van der Waals surface area contributed by atoms with Crippen LogP contribution < -0.4 is 4.74 Å². The van der Waals surface area contributed by atoms with Gasteiger partial charge in [-0.3, -0.25) is 0 Å². The topological polar surface area (TPSA) is 87.0 Å². The van der Waals surface area contributed by atoms with E-state index in [9.17, 15) is 12.8 Å². The van der Waals surface area contributed by atoms with E-state index < -0.39 is 19.8 Å². The molecule has 0 saturated heterocycles. The van der Waals surface area contributed by atoms with Gasteiger partial charge >= 0.3 is 0 Å². The van der Waals surface area contributed by atoms with Gasteiger partial charge in [-0.15, -0.1) is 10.2 Å². The van der Waals surface area contributed by atoms with Crippen LogP contribution in [0.5, 0.6) is 5.75 Å². The van der Waals surface area contributed by atoms with Crippen molar-refractivity contribution in [2.75, 3.05) is 0 Å². The first kappa shape index (κ1) is 13.7. The fourth-order valence-corrected chi connectivity index (χ4v) is 2.30. The van der Waals surface area contributed by atoms with E-state index in [1.807, 2.05) is 0 Å². The zero-order valence-electron chi connectivity index (χ0n) is 9.62. The minimum Gasteiger partial charge on any atom is -0.484 e. The van der Waals surface area contributed by atoms with Crippen LogP contribution in [-0.2, 0) is 22.7 Å². The first-order valence-corrected chi connectivity index (χ1v) is 7.27. The van der Waals surface area contributed by atoms with Crippen LogP contribution in [0.2, 0.25) is 0 Å². The molecule has 0 N–H and O–H groups in total. The molecule has 0 bridgehead atoms. The van der Waals surface area contributed by atoms with E-state index in [-0.39, 0.29) is 18.2 Å². The zero-order chi connectivity index (χ0) is 14.0. The van der Waals surface area contributed by atoms with Gasteiger partial charge in [0.1, 0.15) is 16.5 Å². The van der Waals surface area contributed by atoms with E-state index in [0.717, 1.165) is 12.1 Å². The van der Waals surface area contributed by atoms with Crippen LogP contribution in [0, 0.1) is 5.82 Å². The largest absolute Gasteiger partial charge is 0.484 e. The third kappa shape index (κ3) is 3.38. The molecule has 7 nitrogen and oxygen atoms in total. The highest BCUT2D eigenvalue weighted by Crippen LogP contribution is 2.28. The summed E-state index contributed by atoms with van der Waals surface area (Å²) in [7, 11) is 2.66. The van der Waals surface area contributed by atoms with Crippen LogP contribution in [0.25, 0.3) is 0 Å². The maximum atomic E-state index is 13.0. The normalized spacial score (nSPS) is 11.5. The number of hydrogen-bond acceptors (Lipinski definition) is 6. The number of ether oxygens (including phenoxy) is 1. The minimum absolute atomic E-state index is 0.0798. The van der Waals surface area contributed by atoms with Crippen LogP contribution in [-0.4, -0.2) is 28.6 Å². The van der Waals surface area contributed by atoms with Crippen LogP contribution in [0.1, 0.15) is 5.82 Å². The van der Waals surface area contributed by atoms with Gasteiger partial charge in [0.25, 0.3) is 9.05 Å². The first-order chi connectivity index (χ1) is 8.86. The molecule has 0 aliphatic rings. The van der Waals surface area contributed by atoms with E-state index in [1.165, 1.54) is 10.9 Å². The summed E-state index contributed by atoms with van der Waals surface area (Å²) in [6.07, 6.45) is 0. The molecule has 102 valence electrons. The number of rotatable bonds is 4. The van der Waals surface area contributed by atoms with Crippen molar-refractivity contribution >= 4 is 19.7 Å². The van der Waals surface area contributed by atoms with Gasteiger partial charge in [0.05, 0.1) is 7.05 Å². The summed E-state index contributed by atoms with van der Waals surface area (Å²) in [5.41, 5.74) is 0. The highest BCUT2D eigenvalue weighted by Gasteiger charge is 2.18. The standard InChI is InChI=1S/C9H8ClFN4O3S/c1-15-13-9(12-14-15)5-18-7-3-2-6(11)4-8(7)19(10,16)17/h2-4H,5H2,1H3.